The predicted octanol–water partition coefficient (Wildman–Crippen LogP) is 3.18. The number of nitrogens with zero attached hydrogens (tertiary/aromatic N) is 1. The first kappa shape index (κ1) is 17.6. The van der Waals surface area contributed by atoms with Crippen molar-refractivity contribution in [2.75, 3.05) is 19.8 Å². The van der Waals surface area contributed by atoms with E-state index in [0.29, 0.717) is 18.0 Å². The maximum Gasteiger partial charge on any atom is 0.305 e. The van der Waals surface area contributed by atoms with Crippen molar-refractivity contribution in [2.24, 2.45) is 0 Å². The summed E-state index contributed by atoms with van der Waals surface area (Å²) in [5.74, 6) is -1.45. The van der Waals surface area contributed by atoms with Gasteiger partial charge >= 0.3 is 5.97 Å². The lowest BCUT2D eigenvalue weighted by molar-refractivity contribution is -0.139. The Morgan fingerprint density at radius 2 is 2.08 bits per heavy atom. The van der Waals surface area contributed by atoms with Gasteiger partial charge in [0.2, 0.25) is 0 Å². The molecule has 3 rings (SSSR count). The Hall–Kier alpha value is -2.25. The van der Waals surface area contributed by atoms with Gasteiger partial charge in [-0.3, -0.25) is 9.59 Å². The van der Waals surface area contributed by atoms with Gasteiger partial charge in [-0.1, -0.05) is 12.1 Å². The molecule has 1 N–H and O–H groups in total. The van der Waals surface area contributed by atoms with Gasteiger partial charge in [0.15, 0.2) is 0 Å². The molecule has 7 heteroatoms. The fraction of sp³-hybridized carbons (Fsp3) is 0.333. The normalized spacial score (nSPS) is 17.5. The van der Waals surface area contributed by atoms with Gasteiger partial charge in [-0.25, -0.2) is 4.39 Å². The molecule has 5 nitrogen and oxygen atoms in total. The molecular weight excluding hydrogens is 345 g/mol. The highest BCUT2D eigenvalue weighted by atomic mass is 32.1. The molecule has 1 saturated heterocycles. The van der Waals surface area contributed by atoms with Crippen LogP contribution < -0.4 is 0 Å². The second kappa shape index (κ2) is 7.33. The van der Waals surface area contributed by atoms with Gasteiger partial charge in [0.1, 0.15) is 5.82 Å². The number of hydrogen-bond donors (Lipinski definition) is 1. The van der Waals surface area contributed by atoms with Crippen LogP contribution in [0.15, 0.2) is 30.3 Å². The second-order valence-corrected chi connectivity index (χ2v) is 7.17. The van der Waals surface area contributed by atoms with Gasteiger partial charge in [0, 0.05) is 11.4 Å². The van der Waals surface area contributed by atoms with Gasteiger partial charge in [-0.05, 0) is 36.2 Å². The molecule has 1 atom stereocenters. The predicted molar refractivity (Wildman–Crippen MR) is 92.3 cm³/mol. The van der Waals surface area contributed by atoms with Crippen molar-refractivity contribution in [1.82, 2.24) is 4.90 Å². The molecular formula is C18H18FNO4S. The summed E-state index contributed by atoms with van der Waals surface area (Å²) in [6.45, 7) is 2.91. The summed E-state index contributed by atoms with van der Waals surface area (Å²) >= 11 is 1.36. The number of hydrogen-bond acceptors (Lipinski definition) is 4. The lowest BCUT2D eigenvalue weighted by Crippen LogP contribution is -2.49. The van der Waals surface area contributed by atoms with Gasteiger partial charge in [0.05, 0.1) is 30.6 Å². The minimum atomic E-state index is -0.956. The number of aliphatic carboxylic acids is 1. The molecule has 1 unspecified atom stereocenters. The van der Waals surface area contributed by atoms with Crippen molar-refractivity contribution in [3.8, 4) is 11.1 Å². The van der Waals surface area contributed by atoms with Crippen molar-refractivity contribution >= 4 is 23.2 Å². The monoisotopic (exact) mass is 363 g/mol. The zero-order valence-electron chi connectivity index (χ0n) is 13.7. The average Bonchev–Trinajstić information content (AvgIpc) is 2.97. The summed E-state index contributed by atoms with van der Waals surface area (Å²) in [5.41, 5.74) is 1.73. The Bertz CT molecular complexity index is 787. The summed E-state index contributed by atoms with van der Waals surface area (Å²) in [6.07, 6.45) is -0.138. The SMILES string of the molecule is Cc1sc(C(=O)N2CCOCC2CC(=O)O)cc1-c1ccc(F)cc1. The molecule has 1 aromatic heterocycles. The van der Waals surface area contributed by atoms with Crippen molar-refractivity contribution in [3.05, 3.63) is 45.9 Å². The fourth-order valence-corrected chi connectivity index (χ4v) is 3.94. The molecule has 25 heavy (non-hydrogen) atoms. The Morgan fingerprint density at radius 3 is 2.76 bits per heavy atom. The van der Waals surface area contributed by atoms with Crippen molar-refractivity contribution in [3.63, 3.8) is 0 Å². The minimum Gasteiger partial charge on any atom is -0.481 e. The fourth-order valence-electron chi connectivity index (χ4n) is 2.94. The Kier molecular flexibility index (Phi) is 5.15. The van der Waals surface area contributed by atoms with Gasteiger partial charge in [0.25, 0.3) is 5.91 Å². The molecule has 2 heterocycles. The lowest BCUT2D eigenvalue weighted by atomic mass is 10.1. The van der Waals surface area contributed by atoms with Crippen LogP contribution in [-0.4, -0.2) is 47.7 Å². The molecule has 2 aromatic rings. The van der Waals surface area contributed by atoms with E-state index >= 15 is 0 Å². The molecule has 0 bridgehead atoms. The standard InChI is InChI=1S/C18H18FNO4S/c1-11-15(12-2-4-13(19)5-3-12)9-16(25-11)18(23)20-6-7-24-10-14(20)8-17(21)22/h2-5,9,14H,6-8,10H2,1H3,(H,21,22). The first-order valence-electron chi connectivity index (χ1n) is 7.92. The van der Waals surface area contributed by atoms with Gasteiger partial charge in [-0.15, -0.1) is 11.3 Å². The Labute approximate surface area is 148 Å². The van der Waals surface area contributed by atoms with Crippen LogP contribution >= 0.6 is 11.3 Å². The van der Waals surface area contributed by atoms with Crippen molar-refractivity contribution in [1.29, 1.82) is 0 Å². The van der Waals surface area contributed by atoms with E-state index in [-0.39, 0.29) is 24.8 Å². The molecule has 1 aromatic carbocycles. The quantitative estimate of drug-likeness (QED) is 0.906. The summed E-state index contributed by atoms with van der Waals surface area (Å²) in [4.78, 5) is 27.0. The third kappa shape index (κ3) is 3.88. The average molecular weight is 363 g/mol. The largest absolute Gasteiger partial charge is 0.481 e. The van der Waals surface area contributed by atoms with Crippen LogP contribution in [-0.2, 0) is 9.53 Å². The molecule has 1 fully saturated rings. The first-order valence-corrected chi connectivity index (χ1v) is 8.74. The van der Waals surface area contributed by atoms with Gasteiger partial charge in [-0.2, -0.15) is 0 Å². The topological polar surface area (TPSA) is 66.8 Å². The molecule has 0 spiro atoms. The Morgan fingerprint density at radius 1 is 1.36 bits per heavy atom. The van der Waals surface area contributed by atoms with E-state index in [1.54, 1.807) is 23.1 Å². The third-order valence-electron chi connectivity index (χ3n) is 4.18. The molecule has 1 aliphatic rings. The summed E-state index contributed by atoms with van der Waals surface area (Å²) in [5, 5.41) is 9.03. The number of carbonyl (C=O) groups excluding carboxylic acids is 1. The summed E-state index contributed by atoms with van der Waals surface area (Å²) < 4.78 is 18.4. The zero-order valence-corrected chi connectivity index (χ0v) is 14.5. The minimum absolute atomic E-state index is 0.138. The number of carbonyl (C=O) groups is 2. The van der Waals surface area contributed by atoms with E-state index in [1.807, 2.05) is 6.92 Å². The Balaban J connectivity index is 1.85. The van der Waals surface area contributed by atoms with Gasteiger partial charge < -0.3 is 14.7 Å². The zero-order chi connectivity index (χ0) is 18.0. The highest BCUT2D eigenvalue weighted by Crippen LogP contribution is 2.32. The van der Waals surface area contributed by atoms with E-state index in [0.717, 1.165) is 16.0 Å². The van der Waals surface area contributed by atoms with E-state index < -0.39 is 12.0 Å². The number of halogens is 1. The number of carboxylic acids is 1. The van der Waals surface area contributed by atoms with Crippen LogP contribution in [0.5, 0.6) is 0 Å². The lowest BCUT2D eigenvalue weighted by Gasteiger charge is -2.34. The molecule has 1 aliphatic heterocycles. The number of rotatable bonds is 4. The number of ether oxygens (including phenoxy) is 1. The third-order valence-corrected chi connectivity index (χ3v) is 5.22. The molecule has 0 aliphatic carbocycles. The first-order chi connectivity index (χ1) is 12.0. The highest BCUT2D eigenvalue weighted by molar-refractivity contribution is 7.14. The second-order valence-electron chi connectivity index (χ2n) is 5.91. The van der Waals surface area contributed by atoms with Crippen LogP contribution in [0.25, 0.3) is 11.1 Å². The molecule has 132 valence electrons. The number of benzene rings is 1. The van der Waals surface area contributed by atoms with Crippen molar-refractivity contribution in [2.45, 2.75) is 19.4 Å². The highest BCUT2D eigenvalue weighted by Gasteiger charge is 2.31. The number of amides is 1. The summed E-state index contributed by atoms with van der Waals surface area (Å²) in [7, 11) is 0. The molecule has 0 radical (unpaired) electrons. The number of aryl methyl sites for hydroxylation is 1. The number of thiophene rings is 1. The van der Waals surface area contributed by atoms with Crippen LogP contribution in [0.2, 0.25) is 0 Å². The smallest absolute Gasteiger partial charge is 0.305 e. The van der Waals surface area contributed by atoms with Crippen molar-refractivity contribution < 1.29 is 23.8 Å². The van der Waals surface area contributed by atoms with E-state index in [4.69, 9.17) is 9.84 Å². The van der Waals surface area contributed by atoms with E-state index in [2.05, 4.69) is 0 Å². The van der Waals surface area contributed by atoms with Crippen LogP contribution in [0.3, 0.4) is 0 Å². The maximum atomic E-state index is 13.1. The van der Waals surface area contributed by atoms with Crippen LogP contribution in [0.1, 0.15) is 21.0 Å². The molecule has 1 amide bonds. The van der Waals surface area contributed by atoms with E-state index in [1.165, 1.54) is 23.5 Å². The van der Waals surface area contributed by atoms with Crippen LogP contribution in [0, 0.1) is 12.7 Å². The van der Waals surface area contributed by atoms with E-state index in [9.17, 15) is 14.0 Å². The molecule has 0 saturated carbocycles. The maximum absolute atomic E-state index is 13.1. The van der Waals surface area contributed by atoms with Crippen LogP contribution in [0.4, 0.5) is 4.39 Å². The number of morpholine rings is 1. The number of carboxylic acid groups (broad SMARTS) is 1. The summed E-state index contributed by atoms with van der Waals surface area (Å²) in [6, 6.07) is 7.47.